The van der Waals surface area contributed by atoms with Crippen LogP contribution in [0.5, 0.6) is 0 Å². The molecule has 0 heteroatoms. The first-order valence-electron chi connectivity index (χ1n) is 2.44. The monoisotopic (exact) mass is 102 g/mol. The van der Waals surface area contributed by atoms with Crippen LogP contribution in [0.4, 0.5) is 0 Å². The van der Waals surface area contributed by atoms with Crippen molar-refractivity contribution in [3.05, 3.63) is 36.0 Å². The SMILES string of the molecule is C#CC=C1C=CC=C1. The zero-order valence-electron chi connectivity index (χ0n) is 4.46. The molecule has 0 aliphatic heterocycles. The van der Waals surface area contributed by atoms with Crippen molar-refractivity contribution < 1.29 is 0 Å². The van der Waals surface area contributed by atoms with E-state index >= 15 is 0 Å². The summed E-state index contributed by atoms with van der Waals surface area (Å²) in [7, 11) is 0. The lowest BCUT2D eigenvalue weighted by Crippen LogP contribution is -1.60. The third-order valence-electron chi connectivity index (χ3n) is 0.938. The van der Waals surface area contributed by atoms with Gasteiger partial charge in [-0.2, -0.15) is 0 Å². The first kappa shape index (κ1) is 4.93. The van der Waals surface area contributed by atoms with E-state index in [2.05, 4.69) is 5.92 Å². The van der Waals surface area contributed by atoms with Crippen molar-refractivity contribution in [1.82, 2.24) is 0 Å². The van der Waals surface area contributed by atoms with Crippen molar-refractivity contribution in [2.24, 2.45) is 0 Å². The summed E-state index contributed by atoms with van der Waals surface area (Å²) in [6.07, 6.45) is 14.6. The predicted molar refractivity (Wildman–Crippen MR) is 35.2 cm³/mol. The van der Waals surface area contributed by atoms with Gasteiger partial charge in [-0.05, 0) is 11.6 Å². The second-order valence-electron chi connectivity index (χ2n) is 1.53. The Hall–Kier alpha value is -1.22. The molecule has 1 rings (SSSR count). The van der Waals surface area contributed by atoms with E-state index < -0.39 is 0 Å². The van der Waals surface area contributed by atoms with Gasteiger partial charge in [0.15, 0.2) is 0 Å². The van der Waals surface area contributed by atoms with E-state index in [0.717, 1.165) is 5.57 Å². The molecule has 0 saturated carbocycles. The van der Waals surface area contributed by atoms with E-state index in [-0.39, 0.29) is 0 Å². The molecule has 0 N–H and O–H groups in total. The van der Waals surface area contributed by atoms with Gasteiger partial charge in [0, 0.05) is 0 Å². The van der Waals surface area contributed by atoms with Crippen LogP contribution in [0.1, 0.15) is 0 Å². The van der Waals surface area contributed by atoms with Crippen LogP contribution in [0.15, 0.2) is 36.0 Å². The predicted octanol–water partition coefficient (Wildman–Crippen LogP) is 1.67. The molecule has 0 spiro atoms. The van der Waals surface area contributed by atoms with Crippen LogP contribution < -0.4 is 0 Å². The highest BCUT2D eigenvalue weighted by atomic mass is 13.9. The highest BCUT2D eigenvalue weighted by Gasteiger charge is 1.85. The molecule has 0 aromatic heterocycles. The molecule has 1 aliphatic rings. The summed E-state index contributed by atoms with van der Waals surface area (Å²) in [5.74, 6) is 2.45. The quantitative estimate of drug-likeness (QED) is 0.408. The Bertz CT molecular complexity index is 183. The van der Waals surface area contributed by atoms with Crippen LogP contribution in [-0.2, 0) is 0 Å². The van der Waals surface area contributed by atoms with Gasteiger partial charge in [-0.15, -0.1) is 6.42 Å². The average Bonchev–Trinajstić information content (AvgIpc) is 2.19. The first-order chi connectivity index (χ1) is 3.93. The van der Waals surface area contributed by atoms with E-state index in [9.17, 15) is 0 Å². The molecular formula is C8H6. The Morgan fingerprint density at radius 2 is 2.00 bits per heavy atom. The molecule has 0 saturated heterocycles. The van der Waals surface area contributed by atoms with E-state index in [1.165, 1.54) is 0 Å². The number of hydrogen-bond donors (Lipinski definition) is 0. The lowest BCUT2D eigenvalue weighted by atomic mass is 10.3. The molecule has 1 aliphatic carbocycles. The molecule has 8 heavy (non-hydrogen) atoms. The second kappa shape index (κ2) is 2.18. The standard InChI is InChI=1S/C8H6/c1-2-5-8-6-3-4-7-8/h1,3-7H. The van der Waals surface area contributed by atoms with Gasteiger partial charge in [0.25, 0.3) is 0 Å². The lowest BCUT2D eigenvalue weighted by molar-refractivity contribution is 1.80. The Morgan fingerprint density at radius 1 is 1.38 bits per heavy atom. The lowest BCUT2D eigenvalue weighted by Gasteiger charge is -1.77. The van der Waals surface area contributed by atoms with Gasteiger partial charge in [0.05, 0.1) is 0 Å². The largest absolute Gasteiger partial charge is 0.115 e. The van der Waals surface area contributed by atoms with E-state index in [4.69, 9.17) is 6.42 Å². The smallest absolute Gasteiger partial charge is 0.00490 e. The second-order valence-corrected chi connectivity index (χ2v) is 1.53. The topological polar surface area (TPSA) is 0 Å². The first-order valence-corrected chi connectivity index (χ1v) is 2.44. The summed E-state index contributed by atoms with van der Waals surface area (Å²) in [6, 6.07) is 0. The molecule has 0 fully saturated rings. The summed E-state index contributed by atoms with van der Waals surface area (Å²) in [6.45, 7) is 0. The molecule has 0 atom stereocenters. The van der Waals surface area contributed by atoms with Crippen molar-refractivity contribution in [3.8, 4) is 12.3 Å². The Kier molecular flexibility index (Phi) is 1.34. The Balaban J connectivity index is 2.79. The van der Waals surface area contributed by atoms with Crippen molar-refractivity contribution in [2.75, 3.05) is 0 Å². The van der Waals surface area contributed by atoms with Crippen LogP contribution >= 0.6 is 0 Å². The van der Waals surface area contributed by atoms with Crippen LogP contribution in [0, 0.1) is 12.3 Å². The zero-order chi connectivity index (χ0) is 5.82. The van der Waals surface area contributed by atoms with Gasteiger partial charge in [-0.1, -0.05) is 30.2 Å². The highest BCUT2D eigenvalue weighted by molar-refractivity contribution is 5.43. The maximum Gasteiger partial charge on any atom is -0.00490 e. The van der Waals surface area contributed by atoms with Crippen LogP contribution in [0.3, 0.4) is 0 Å². The summed E-state index contributed by atoms with van der Waals surface area (Å²) >= 11 is 0. The molecule has 0 radical (unpaired) electrons. The fourth-order valence-electron chi connectivity index (χ4n) is 0.581. The summed E-state index contributed by atoms with van der Waals surface area (Å²) < 4.78 is 0. The molecule has 38 valence electrons. The molecule has 0 unspecified atom stereocenters. The third kappa shape index (κ3) is 0.886. The van der Waals surface area contributed by atoms with E-state index in [0.29, 0.717) is 0 Å². The number of rotatable bonds is 0. The van der Waals surface area contributed by atoms with Crippen molar-refractivity contribution in [2.45, 2.75) is 0 Å². The molecular weight excluding hydrogens is 96.1 g/mol. The van der Waals surface area contributed by atoms with Crippen molar-refractivity contribution in [1.29, 1.82) is 0 Å². The zero-order valence-corrected chi connectivity index (χ0v) is 4.46. The highest BCUT2D eigenvalue weighted by Crippen LogP contribution is 2.04. The van der Waals surface area contributed by atoms with Gasteiger partial charge in [-0.3, -0.25) is 0 Å². The number of terminal acetylenes is 1. The van der Waals surface area contributed by atoms with E-state index in [1.54, 1.807) is 6.08 Å². The minimum absolute atomic E-state index is 1.10. The fraction of sp³-hybridized carbons (Fsp3) is 0. The van der Waals surface area contributed by atoms with Gasteiger partial charge in [0.2, 0.25) is 0 Å². The minimum atomic E-state index is 1.10. The maximum absolute atomic E-state index is 5.01. The maximum atomic E-state index is 5.01. The summed E-state index contributed by atoms with van der Waals surface area (Å²) in [4.78, 5) is 0. The number of hydrogen-bond acceptors (Lipinski definition) is 0. The molecule has 0 heterocycles. The Labute approximate surface area is 49.2 Å². The van der Waals surface area contributed by atoms with Crippen LogP contribution in [-0.4, -0.2) is 0 Å². The molecule has 0 aromatic carbocycles. The van der Waals surface area contributed by atoms with E-state index in [1.807, 2.05) is 24.3 Å². The molecule has 0 aromatic rings. The fourth-order valence-corrected chi connectivity index (χ4v) is 0.581. The minimum Gasteiger partial charge on any atom is -0.115 e. The Morgan fingerprint density at radius 3 is 2.50 bits per heavy atom. The molecule has 0 bridgehead atoms. The summed E-state index contributed by atoms with van der Waals surface area (Å²) in [5, 5.41) is 0. The van der Waals surface area contributed by atoms with Gasteiger partial charge in [-0.25, -0.2) is 0 Å². The van der Waals surface area contributed by atoms with Gasteiger partial charge >= 0.3 is 0 Å². The van der Waals surface area contributed by atoms with Crippen molar-refractivity contribution in [3.63, 3.8) is 0 Å². The third-order valence-corrected chi connectivity index (χ3v) is 0.938. The van der Waals surface area contributed by atoms with Gasteiger partial charge in [0.1, 0.15) is 0 Å². The van der Waals surface area contributed by atoms with Crippen molar-refractivity contribution >= 4 is 0 Å². The van der Waals surface area contributed by atoms with Gasteiger partial charge < -0.3 is 0 Å². The molecule has 0 nitrogen and oxygen atoms in total. The molecule has 0 amide bonds. The average molecular weight is 102 g/mol. The normalized spacial score (nSPS) is 14.1. The van der Waals surface area contributed by atoms with Crippen LogP contribution in [0.25, 0.3) is 0 Å². The van der Waals surface area contributed by atoms with Crippen LogP contribution in [0.2, 0.25) is 0 Å². The summed E-state index contributed by atoms with van der Waals surface area (Å²) in [5.41, 5.74) is 1.10. The number of allylic oxidation sites excluding steroid dienone is 6.